The molecule has 2 rings (SSSR count). The van der Waals surface area contributed by atoms with Crippen LogP contribution >= 0.6 is 0 Å². The van der Waals surface area contributed by atoms with Crippen LogP contribution in [0.4, 0.5) is 0 Å². The predicted molar refractivity (Wildman–Crippen MR) is 78.8 cm³/mol. The molecule has 2 N–H and O–H groups in total. The number of nitrogens with zero attached hydrogens (tertiary/aromatic N) is 1. The van der Waals surface area contributed by atoms with E-state index in [1.807, 2.05) is 13.0 Å². The average Bonchev–Trinajstić information content (AvgIpc) is 3.02. The molecule has 114 valence electrons. The molecule has 1 aromatic heterocycles. The first-order valence-corrected chi connectivity index (χ1v) is 6.67. The highest BCUT2D eigenvalue weighted by Crippen LogP contribution is 2.40. The van der Waals surface area contributed by atoms with Gasteiger partial charge in [0.05, 0.1) is 27.4 Å². The standard InChI is InChI=1S/C15H20N2O4/c1-5-10(16)13-7-11(17-21-13)9-6-14(19-3)15(20-4)8-12(9)18-2/h6-8,10H,5,16H2,1-4H3. The number of aromatic nitrogens is 1. The van der Waals surface area contributed by atoms with Crippen molar-refractivity contribution in [2.24, 2.45) is 5.73 Å². The molecule has 1 aromatic carbocycles. The summed E-state index contributed by atoms with van der Waals surface area (Å²) < 4.78 is 21.3. The molecule has 2 aromatic rings. The summed E-state index contributed by atoms with van der Waals surface area (Å²) in [4.78, 5) is 0. The maximum atomic E-state index is 5.95. The molecular formula is C15H20N2O4. The number of ether oxygens (including phenoxy) is 3. The Labute approximate surface area is 123 Å². The second-order valence-electron chi connectivity index (χ2n) is 4.54. The van der Waals surface area contributed by atoms with Gasteiger partial charge in [-0.15, -0.1) is 0 Å². The quantitative estimate of drug-likeness (QED) is 0.881. The largest absolute Gasteiger partial charge is 0.496 e. The third kappa shape index (κ3) is 2.95. The zero-order valence-electron chi connectivity index (χ0n) is 12.7. The highest BCUT2D eigenvalue weighted by Gasteiger charge is 2.18. The number of rotatable bonds is 6. The molecule has 0 spiro atoms. The molecule has 1 unspecified atom stereocenters. The highest BCUT2D eigenvalue weighted by atomic mass is 16.5. The second kappa shape index (κ2) is 6.49. The molecule has 0 bridgehead atoms. The van der Waals surface area contributed by atoms with Gasteiger partial charge in [0.15, 0.2) is 17.3 Å². The molecule has 0 fully saturated rings. The molecule has 21 heavy (non-hydrogen) atoms. The van der Waals surface area contributed by atoms with Crippen molar-refractivity contribution in [3.8, 4) is 28.5 Å². The monoisotopic (exact) mass is 292 g/mol. The van der Waals surface area contributed by atoms with Gasteiger partial charge in [0.2, 0.25) is 0 Å². The maximum Gasteiger partial charge on any atom is 0.164 e. The van der Waals surface area contributed by atoms with E-state index in [1.165, 1.54) is 0 Å². The molecule has 6 heteroatoms. The molecule has 0 aliphatic carbocycles. The zero-order valence-corrected chi connectivity index (χ0v) is 12.7. The summed E-state index contributed by atoms with van der Waals surface area (Å²) in [7, 11) is 4.74. The van der Waals surface area contributed by atoms with Crippen LogP contribution in [-0.2, 0) is 0 Å². The molecule has 0 aliphatic heterocycles. The van der Waals surface area contributed by atoms with Crippen LogP contribution in [0.15, 0.2) is 22.7 Å². The van der Waals surface area contributed by atoms with Gasteiger partial charge in [0.25, 0.3) is 0 Å². The van der Waals surface area contributed by atoms with Crippen LogP contribution in [0.5, 0.6) is 17.2 Å². The van der Waals surface area contributed by atoms with Gasteiger partial charge in [0.1, 0.15) is 11.4 Å². The van der Waals surface area contributed by atoms with Crippen LogP contribution < -0.4 is 19.9 Å². The Kier molecular flexibility index (Phi) is 4.70. The lowest BCUT2D eigenvalue weighted by Crippen LogP contribution is -2.06. The number of benzene rings is 1. The van der Waals surface area contributed by atoms with Gasteiger partial charge < -0.3 is 24.5 Å². The fourth-order valence-electron chi connectivity index (χ4n) is 2.02. The summed E-state index contributed by atoms with van der Waals surface area (Å²) in [6, 6.07) is 5.20. The van der Waals surface area contributed by atoms with Crippen LogP contribution in [0.25, 0.3) is 11.3 Å². The fourth-order valence-corrected chi connectivity index (χ4v) is 2.02. The van der Waals surface area contributed by atoms with Crippen LogP contribution in [0.1, 0.15) is 25.1 Å². The van der Waals surface area contributed by atoms with Crippen molar-refractivity contribution in [3.05, 3.63) is 24.0 Å². The number of nitrogens with two attached hydrogens (primary N) is 1. The van der Waals surface area contributed by atoms with Crippen LogP contribution in [0, 0.1) is 0 Å². The van der Waals surface area contributed by atoms with Gasteiger partial charge in [-0.1, -0.05) is 12.1 Å². The van der Waals surface area contributed by atoms with E-state index in [9.17, 15) is 0 Å². The summed E-state index contributed by atoms with van der Waals surface area (Å²) in [5.74, 6) is 2.45. The molecule has 0 saturated carbocycles. The predicted octanol–water partition coefficient (Wildman–Crippen LogP) is 2.78. The van der Waals surface area contributed by atoms with Crippen molar-refractivity contribution >= 4 is 0 Å². The van der Waals surface area contributed by atoms with Crippen molar-refractivity contribution < 1.29 is 18.7 Å². The van der Waals surface area contributed by atoms with Crippen molar-refractivity contribution in [2.45, 2.75) is 19.4 Å². The molecule has 1 atom stereocenters. The lowest BCUT2D eigenvalue weighted by atomic mass is 10.1. The lowest BCUT2D eigenvalue weighted by Gasteiger charge is -2.12. The fraction of sp³-hybridized carbons (Fsp3) is 0.400. The molecule has 0 saturated heterocycles. The van der Waals surface area contributed by atoms with E-state index in [2.05, 4.69) is 5.16 Å². The molecule has 1 heterocycles. The summed E-state index contributed by atoms with van der Waals surface area (Å²) in [6.45, 7) is 1.99. The van der Waals surface area contributed by atoms with Crippen LogP contribution in [-0.4, -0.2) is 26.5 Å². The maximum absolute atomic E-state index is 5.95. The Bertz CT molecular complexity index is 610. The molecule has 0 amide bonds. The van der Waals surface area contributed by atoms with Crippen molar-refractivity contribution in [2.75, 3.05) is 21.3 Å². The second-order valence-corrected chi connectivity index (χ2v) is 4.54. The van der Waals surface area contributed by atoms with Gasteiger partial charge >= 0.3 is 0 Å². The minimum atomic E-state index is -0.169. The lowest BCUT2D eigenvalue weighted by molar-refractivity contribution is 0.348. The summed E-state index contributed by atoms with van der Waals surface area (Å²) in [6.07, 6.45) is 0.775. The van der Waals surface area contributed by atoms with E-state index in [0.29, 0.717) is 28.7 Å². The minimum Gasteiger partial charge on any atom is -0.496 e. The smallest absolute Gasteiger partial charge is 0.164 e. The van der Waals surface area contributed by atoms with Crippen molar-refractivity contribution in [1.29, 1.82) is 0 Å². The summed E-state index contributed by atoms with van der Waals surface area (Å²) in [5, 5.41) is 4.06. The van der Waals surface area contributed by atoms with Gasteiger partial charge in [-0.05, 0) is 12.5 Å². The number of hydrogen-bond donors (Lipinski definition) is 1. The minimum absolute atomic E-state index is 0.169. The average molecular weight is 292 g/mol. The third-order valence-corrected chi connectivity index (χ3v) is 3.32. The van der Waals surface area contributed by atoms with E-state index >= 15 is 0 Å². The van der Waals surface area contributed by atoms with E-state index in [0.717, 1.165) is 12.0 Å². The third-order valence-electron chi connectivity index (χ3n) is 3.32. The van der Waals surface area contributed by atoms with Gasteiger partial charge in [-0.3, -0.25) is 0 Å². The van der Waals surface area contributed by atoms with Crippen LogP contribution in [0.2, 0.25) is 0 Å². The molecule has 6 nitrogen and oxygen atoms in total. The highest BCUT2D eigenvalue weighted by molar-refractivity contribution is 5.71. The van der Waals surface area contributed by atoms with Crippen LogP contribution in [0.3, 0.4) is 0 Å². The Hall–Kier alpha value is -2.21. The van der Waals surface area contributed by atoms with Crippen molar-refractivity contribution in [1.82, 2.24) is 5.16 Å². The summed E-state index contributed by atoms with van der Waals surface area (Å²) >= 11 is 0. The Morgan fingerprint density at radius 2 is 1.67 bits per heavy atom. The van der Waals surface area contributed by atoms with Gasteiger partial charge in [-0.25, -0.2) is 0 Å². The first-order valence-electron chi connectivity index (χ1n) is 6.67. The Balaban J connectivity index is 2.49. The number of hydrogen-bond acceptors (Lipinski definition) is 6. The normalized spacial score (nSPS) is 12.0. The molecule has 0 aliphatic rings. The molecule has 0 radical (unpaired) electrons. The SMILES string of the molecule is CCC(N)c1cc(-c2cc(OC)c(OC)cc2OC)no1. The first-order chi connectivity index (χ1) is 10.1. The van der Waals surface area contributed by atoms with Crippen molar-refractivity contribution in [3.63, 3.8) is 0 Å². The number of methoxy groups -OCH3 is 3. The van der Waals surface area contributed by atoms with E-state index in [4.69, 9.17) is 24.5 Å². The summed E-state index contributed by atoms with van der Waals surface area (Å²) in [5.41, 5.74) is 7.35. The van der Waals surface area contributed by atoms with E-state index in [1.54, 1.807) is 33.5 Å². The van der Waals surface area contributed by atoms with Gasteiger partial charge in [-0.2, -0.15) is 0 Å². The molecular weight excluding hydrogens is 272 g/mol. The van der Waals surface area contributed by atoms with Gasteiger partial charge in [0, 0.05) is 17.7 Å². The van der Waals surface area contributed by atoms with E-state index in [-0.39, 0.29) is 6.04 Å². The Morgan fingerprint density at radius 3 is 2.24 bits per heavy atom. The van der Waals surface area contributed by atoms with E-state index < -0.39 is 0 Å². The Morgan fingerprint density at radius 1 is 1.05 bits per heavy atom. The topological polar surface area (TPSA) is 79.7 Å². The zero-order chi connectivity index (χ0) is 15.4. The first kappa shape index (κ1) is 15.2.